The predicted molar refractivity (Wildman–Crippen MR) is 88.3 cm³/mol. The minimum absolute atomic E-state index is 0.00985. The highest BCUT2D eigenvalue weighted by Gasteiger charge is 2.49. The molecule has 5 heteroatoms. The topological polar surface area (TPSA) is 50.8 Å². The van der Waals surface area contributed by atoms with E-state index in [-0.39, 0.29) is 17.2 Å². The van der Waals surface area contributed by atoms with Crippen molar-refractivity contribution in [3.8, 4) is 5.75 Å². The van der Waals surface area contributed by atoms with Crippen molar-refractivity contribution >= 4 is 5.91 Å². The fourth-order valence-corrected chi connectivity index (χ4v) is 3.88. The first-order valence-corrected chi connectivity index (χ1v) is 8.29. The number of nitrogens with one attached hydrogen (secondary N) is 1. The Hall–Kier alpha value is -1.59. The van der Waals surface area contributed by atoms with Crippen molar-refractivity contribution in [2.24, 2.45) is 11.3 Å². The molecule has 3 rings (SSSR count). The van der Waals surface area contributed by atoms with Crippen LogP contribution in [0.3, 0.4) is 0 Å². The number of amides is 1. The molecule has 0 bridgehead atoms. The van der Waals surface area contributed by atoms with Gasteiger partial charge in [-0.05, 0) is 43.6 Å². The molecule has 1 N–H and O–H groups in total. The molecule has 126 valence electrons. The number of nitrogens with zero attached hydrogens (tertiary/aromatic N) is 1. The number of ether oxygens (including phenoxy) is 2. The average Bonchev–Trinajstić information content (AvgIpc) is 2.88. The Kier molecular flexibility index (Phi) is 4.87. The van der Waals surface area contributed by atoms with Crippen LogP contribution in [0.2, 0.25) is 0 Å². The Labute approximate surface area is 137 Å². The van der Waals surface area contributed by atoms with Gasteiger partial charge < -0.3 is 14.8 Å². The molecule has 2 fully saturated rings. The van der Waals surface area contributed by atoms with E-state index in [1.807, 2.05) is 12.1 Å². The van der Waals surface area contributed by atoms with Crippen LogP contribution in [-0.2, 0) is 16.1 Å². The molecule has 5 nitrogen and oxygen atoms in total. The quantitative estimate of drug-likeness (QED) is 0.897. The molecule has 1 aromatic rings. The molecule has 2 saturated heterocycles. The molecule has 0 aromatic heterocycles. The van der Waals surface area contributed by atoms with Crippen molar-refractivity contribution in [2.75, 3.05) is 40.5 Å². The van der Waals surface area contributed by atoms with Crippen LogP contribution in [0.15, 0.2) is 24.3 Å². The van der Waals surface area contributed by atoms with Gasteiger partial charge >= 0.3 is 0 Å². The van der Waals surface area contributed by atoms with Crippen LogP contribution in [0.5, 0.6) is 5.75 Å². The summed E-state index contributed by atoms with van der Waals surface area (Å²) in [6.07, 6.45) is 2.10. The molecular formula is C18H26N2O3. The lowest BCUT2D eigenvalue weighted by atomic mass is 9.71. The van der Waals surface area contributed by atoms with E-state index < -0.39 is 0 Å². The molecule has 1 amide bonds. The van der Waals surface area contributed by atoms with Crippen molar-refractivity contribution < 1.29 is 14.3 Å². The van der Waals surface area contributed by atoms with E-state index >= 15 is 0 Å². The highest BCUT2D eigenvalue weighted by Crippen LogP contribution is 2.42. The van der Waals surface area contributed by atoms with Crippen molar-refractivity contribution in [1.29, 1.82) is 0 Å². The summed E-state index contributed by atoms with van der Waals surface area (Å²) in [5.74, 6) is 1.07. The molecule has 1 atom stereocenters. The number of rotatable bonds is 5. The molecular weight excluding hydrogens is 292 g/mol. The molecule has 23 heavy (non-hydrogen) atoms. The first kappa shape index (κ1) is 16.3. The number of carbonyl (C=O) groups excluding carboxylic acids is 1. The van der Waals surface area contributed by atoms with Crippen LogP contribution in [0.25, 0.3) is 0 Å². The third-order valence-corrected chi connectivity index (χ3v) is 5.42. The Morgan fingerprint density at radius 3 is 2.52 bits per heavy atom. The highest BCUT2D eigenvalue weighted by atomic mass is 16.5. The number of hydrogen-bond acceptors (Lipinski definition) is 4. The lowest BCUT2D eigenvalue weighted by Gasteiger charge is -2.41. The zero-order chi connectivity index (χ0) is 16.3. The maximum Gasteiger partial charge on any atom is 0.226 e. The van der Waals surface area contributed by atoms with E-state index in [0.29, 0.717) is 6.61 Å². The van der Waals surface area contributed by atoms with Crippen LogP contribution in [-0.4, -0.2) is 51.3 Å². The predicted octanol–water partition coefficient (Wildman–Crippen LogP) is 1.67. The van der Waals surface area contributed by atoms with Crippen molar-refractivity contribution in [3.05, 3.63) is 29.8 Å². The fraction of sp³-hybridized carbons (Fsp3) is 0.611. The highest BCUT2D eigenvalue weighted by molar-refractivity contribution is 5.82. The minimum Gasteiger partial charge on any atom is -0.497 e. The van der Waals surface area contributed by atoms with Gasteiger partial charge in [0.2, 0.25) is 5.91 Å². The molecule has 0 saturated carbocycles. The molecule has 2 aliphatic heterocycles. The first-order chi connectivity index (χ1) is 11.2. The molecule has 0 radical (unpaired) electrons. The van der Waals surface area contributed by atoms with E-state index in [4.69, 9.17) is 9.47 Å². The number of piperidine rings is 1. The monoisotopic (exact) mass is 318 g/mol. The maximum atomic E-state index is 12.1. The Morgan fingerprint density at radius 1 is 1.22 bits per heavy atom. The summed E-state index contributed by atoms with van der Waals surface area (Å²) < 4.78 is 10.5. The van der Waals surface area contributed by atoms with Crippen LogP contribution in [0, 0.1) is 11.3 Å². The van der Waals surface area contributed by atoms with Gasteiger partial charge in [-0.2, -0.15) is 0 Å². The van der Waals surface area contributed by atoms with E-state index in [2.05, 4.69) is 22.3 Å². The molecule has 0 aliphatic carbocycles. The normalized spacial score (nSPS) is 23.9. The minimum atomic E-state index is 0.00985. The number of methoxy groups -OCH3 is 2. The second-order valence-electron chi connectivity index (χ2n) is 6.71. The molecule has 1 spiro atoms. The number of benzene rings is 1. The standard InChI is InChI=1S/C18H26N2O3/c1-22-12-16-17(21)19-13-18(16)7-9-20(10-8-18)11-14-3-5-15(23-2)6-4-14/h3-6,16H,7-13H2,1-2H3,(H,19,21). The summed E-state index contributed by atoms with van der Waals surface area (Å²) in [4.78, 5) is 14.5. The number of hydrogen-bond donors (Lipinski definition) is 1. The SMILES string of the molecule is COCC1C(=O)NCC12CCN(Cc1ccc(OC)cc1)CC2. The van der Waals surface area contributed by atoms with Crippen molar-refractivity contribution in [1.82, 2.24) is 10.2 Å². The van der Waals surface area contributed by atoms with Crippen LogP contribution < -0.4 is 10.1 Å². The summed E-state index contributed by atoms with van der Waals surface area (Å²) in [5, 5.41) is 3.04. The summed E-state index contributed by atoms with van der Waals surface area (Å²) in [5.41, 5.74) is 1.39. The fourth-order valence-electron chi connectivity index (χ4n) is 3.88. The summed E-state index contributed by atoms with van der Waals surface area (Å²) >= 11 is 0. The third kappa shape index (κ3) is 3.35. The van der Waals surface area contributed by atoms with Crippen LogP contribution >= 0.6 is 0 Å². The van der Waals surface area contributed by atoms with Crippen molar-refractivity contribution in [2.45, 2.75) is 19.4 Å². The van der Waals surface area contributed by atoms with Gasteiger partial charge in [0.15, 0.2) is 0 Å². The van der Waals surface area contributed by atoms with Gasteiger partial charge in [0, 0.05) is 25.6 Å². The summed E-state index contributed by atoms with van der Waals surface area (Å²) in [6, 6.07) is 8.26. The van der Waals surface area contributed by atoms with Gasteiger partial charge in [-0.3, -0.25) is 9.69 Å². The van der Waals surface area contributed by atoms with Gasteiger partial charge in [-0.25, -0.2) is 0 Å². The van der Waals surface area contributed by atoms with Gasteiger partial charge in [0.1, 0.15) is 5.75 Å². The Bertz CT molecular complexity index is 536. The van der Waals surface area contributed by atoms with Gasteiger partial charge in [0.05, 0.1) is 19.6 Å². The lowest BCUT2D eigenvalue weighted by Crippen LogP contribution is -2.45. The van der Waals surface area contributed by atoms with E-state index in [1.54, 1.807) is 14.2 Å². The number of carbonyl (C=O) groups is 1. The van der Waals surface area contributed by atoms with Crippen molar-refractivity contribution in [3.63, 3.8) is 0 Å². The molecule has 1 unspecified atom stereocenters. The zero-order valence-corrected chi connectivity index (χ0v) is 14.0. The van der Waals surface area contributed by atoms with E-state index in [0.717, 1.165) is 44.8 Å². The first-order valence-electron chi connectivity index (χ1n) is 8.29. The summed E-state index contributed by atoms with van der Waals surface area (Å²) in [7, 11) is 3.37. The third-order valence-electron chi connectivity index (χ3n) is 5.42. The van der Waals surface area contributed by atoms with E-state index in [9.17, 15) is 4.79 Å². The second-order valence-corrected chi connectivity index (χ2v) is 6.71. The van der Waals surface area contributed by atoms with Gasteiger partial charge in [0.25, 0.3) is 0 Å². The zero-order valence-electron chi connectivity index (χ0n) is 14.0. The lowest BCUT2D eigenvalue weighted by molar-refractivity contribution is -0.126. The van der Waals surface area contributed by atoms with Gasteiger partial charge in [-0.15, -0.1) is 0 Å². The number of likely N-dealkylation sites (tertiary alicyclic amines) is 1. The average molecular weight is 318 g/mol. The molecule has 2 aliphatic rings. The Morgan fingerprint density at radius 2 is 1.91 bits per heavy atom. The maximum absolute atomic E-state index is 12.1. The Balaban J connectivity index is 1.58. The van der Waals surface area contributed by atoms with Gasteiger partial charge in [-0.1, -0.05) is 12.1 Å². The van der Waals surface area contributed by atoms with Crippen LogP contribution in [0.1, 0.15) is 18.4 Å². The summed E-state index contributed by atoms with van der Waals surface area (Å²) in [6.45, 7) is 4.35. The largest absolute Gasteiger partial charge is 0.497 e. The molecule has 2 heterocycles. The molecule has 1 aromatic carbocycles. The smallest absolute Gasteiger partial charge is 0.226 e. The van der Waals surface area contributed by atoms with Crippen LogP contribution in [0.4, 0.5) is 0 Å². The second kappa shape index (κ2) is 6.89. The van der Waals surface area contributed by atoms with E-state index in [1.165, 1.54) is 5.56 Å².